The lowest BCUT2D eigenvalue weighted by Gasteiger charge is -2.12. The Morgan fingerprint density at radius 3 is 2.27 bits per heavy atom. The average Bonchev–Trinajstić information content (AvgIpc) is 2.87. The number of ether oxygens (including phenoxy) is 4. The lowest BCUT2D eigenvalue weighted by atomic mass is 10.0. The molecule has 4 rings (SSSR count). The van der Waals surface area contributed by atoms with Gasteiger partial charge in [0.2, 0.25) is 0 Å². The molecule has 0 aliphatic carbocycles. The van der Waals surface area contributed by atoms with Gasteiger partial charge in [0.15, 0.2) is 29.6 Å². The van der Waals surface area contributed by atoms with E-state index in [1.807, 2.05) is 42.5 Å². The molecule has 166 valence electrons. The van der Waals surface area contributed by atoms with Gasteiger partial charge in [-0.2, -0.15) is 0 Å². The molecule has 0 aromatic heterocycles. The Bertz CT molecular complexity index is 1290. The molecular weight excluding hydrogens is 416 g/mol. The molecule has 0 heterocycles. The average molecular weight is 440 g/mol. The number of hydrogen-bond acceptors (Lipinski definition) is 5. The maximum atomic E-state index is 12.3. The van der Waals surface area contributed by atoms with Crippen LogP contribution in [-0.4, -0.2) is 26.8 Å². The Hall–Kier alpha value is -4.25. The van der Waals surface area contributed by atoms with Crippen molar-refractivity contribution >= 4 is 28.9 Å². The fourth-order valence-electron chi connectivity index (χ4n) is 3.48. The predicted octanol–water partition coefficient (Wildman–Crippen LogP) is 6.01. The highest BCUT2D eigenvalue weighted by Gasteiger charge is 2.13. The number of carbonyl (C=O) groups is 1. The van der Waals surface area contributed by atoms with Crippen LogP contribution in [0, 0.1) is 0 Å². The molecule has 5 heteroatoms. The minimum Gasteiger partial charge on any atom is -0.493 e. The molecule has 5 nitrogen and oxygen atoms in total. The van der Waals surface area contributed by atoms with E-state index in [1.165, 1.54) is 17.9 Å². The zero-order chi connectivity index (χ0) is 23.0. The number of para-hydroxylation sites is 2. The van der Waals surface area contributed by atoms with Crippen molar-refractivity contribution in [2.45, 2.75) is 0 Å². The van der Waals surface area contributed by atoms with Gasteiger partial charge in [-0.25, -0.2) is 4.79 Å². The standard InChI is InChI=1S/C28H24O5/c1-30-24-12-5-6-13-25(24)32-19-28(29)33-26-17-15-20(18-27(26)31-2)14-16-22-10-7-9-21-8-3-4-11-23(21)22/h3-18H,19H2,1-2H3. The van der Waals surface area contributed by atoms with Gasteiger partial charge in [-0.05, 0) is 46.2 Å². The molecule has 0 saturated heterocycles. The molecule has 0 unspecified atom stereocenters. The van der Waals surface area contributed by atoms with Gasteiger partial charge >= 0.3 is 5.97 Å². The Balaban J connectivity index is 1.45. The number of rotatable bonds is 8. The summed E-state index contributed by atoms with van der Waals surface area (Å²) >= 11 is 0. The van der Waals surface area contributed by atoms with E-state index in [0.717, 1.165) is 11.1 Å². The van der Waals surface area contributed by atoms with E-state index in [9.17, 15) is 4.79 Å². The first kappa shape index (κ1) is 22.0. The molecule has 0 atom stereocenters. The first-order valence-corrected chi connectivity index (χ1v) is 10.5. The van der Waals surface area contributed by atoms with E-state index in [-0.39, 0.29) is 6.61 Å². The molecule has 0 fully saturated rings. The Labute approximate surface area is 192 Å². The van der Waals surface area contributed by atoms with Gasteiger partial charge < -0.3 is 18.9 Å². The van der Waals surface area contributed by atoms with Gasteiger partial charge in [0.1, 0.15) is 0 Å². The van der Waals surface area contributed by atoms with Gasteiger partial charge in [-0.15, -0.1) is 0 Å². The molecule has 4 aromatic carbocycles. The van der Waals surface area contributed by atoms with Gasteiger partial charge in [-0.3, -0.25) is 0 Å². The van der Waals surface area contributed by atoms with E-state index in [4.69, 9.17) is 18.9 Å². The van der Waals surface area contributed by atoms with Crippen LogP contribution >= 0.6 is 0 Å². The van der Waals surface area contributed by atoms with Crippen LogP contribution in [-0.2, 0) is 4.79 Å². The van der Waals surface area contributed by atoms with Crippen LogP contribution in [0.1, 0.15) is 11.1 Å². The molecule has 0 saturated carbocycles. The molecular formula is C28H24O5. The lowest BCUT2D eigenvalue weighted by molar-refractivity contribution is -0.136. The van der Waals surface area contributed by atoms with Crippen molar-refractivity contribution in [2.24, 2.45) is 0 Å². The summed E-state index contributed by atoms with van der Waals surface area (Å²) in [6.45, 7) is -0.258. The minimum atomic E-state index is -0.543. The third-order valence-electron chi connectivity index (χ3n) is 5.10. The number of fused-ring (bicyclic) bond motifs is 1. The highest BCUT2D eigenvalue weighted by molar-refractivity contribution is 5.92. The largest absolute Gasteiger partial charge is 0.493 e. The second-order valence-electron chi connectivity index (χ2n) is 7.23. The Morgan fingerprint density at radius 1 is 0.727 bits per heavy atom. The monoisotopic (exact) mass is 440 g/mol. The van der Waals surface area contributed by atoms with Gasteiger partial charge in [0.25, 0.3) is 0 Å². The summed E-state index contributed by atoms with van der Waals surface area (Å²) in [7, 11) is 3.08. The van der Waals surface area contributed by atoms with Gasteiger partial charge in [0.05, 0.1) is 14.2 Å². The Morgan fingerprint density at radius 2 is 1.45 bits per heavy atom. The van der Waals surface area contributed by atoms with Crippen LogP contribution in [0.4, 0.5) is 0 Å². The summed E-state index contributed by atoms with van der Waals surface area (Å²) in [6.07, 6.45) is 4.06. The number of hydrogen-bond donors (Lipinski definition) is 0. The predicted molar refractivity (Wildman–Crippen MR) is 130 cm³/mol. The second kappa shape index (κ2) is 10.4. The molecule has 0 radical (unpaired) electrons. The van der Waals surface area contributed by atoms with Crippen LogP contribution in [0.5, 0.6) is 23.0 Å². The summed E-state index contributed by atoms with van der Waals surface area (Å²) in [5, 5.41) is 2.37. The highest BCUT2D eigenvalue weighted by Crippen LogP contribution is 2.30. The van der Waals surface area contributed by atoms with E-state index >= 15 is 0 Å². The maximum Gasteiger partial charge on any atom is 0.349 e. The fourth-order valence-corrected chi connectivity index (χ4v) is 3.48. The normalized spacial score (nSPS) is 10.8. The van der Waals surface area contributed by atoms with Crippen molar-refractivity contribution in [3.8, 4) is 23.0 Å². The zero-order valence-corrected chi connectivity index (χ0v) is 18.5. The van der Waals surface area contributed by atoms with Crippen molar-refractivity contribution in [3.63, 3.8) is 0 Å². The Kier molecular flexibility index (Phi) is 6.90. The zero-order valence-electron chi connectivity index (χ0n) is 18.5. The number of benzene rings is 4. The van der Waals surface area contributed by atoms with Crippen LogP contribution in [0.15, 0.2) is 84.9 Å². The van der Waals surface area contributed by atoms with Crippen LogP contribution in [0.3, 0.4) is 0 Å². The van der Waals surface area contributed by atoms with Crippen molar-refractivity contribution < 1.29 is 23.7 Å². The van der Waals surface area contributed by atoms with Gasteiger partial charge in [0, 0.05) is 0 Å². The number of carbonyl (C=O) groups excluding carboxylic acids is 1. The fraction of sp³-hybridized carbons (Fsp3) is 0.107. The molecule has 0 aliphatic heterocycles. The smallest absolute Gasteiger partial charge is 0.349 e. The molecule has 0 spiro atoms. The summed E-state index contributed by atoms with van der Waals surface area (Å²) < 4.78 is 21.6. The molecule has 33 heavy (non-hydrogen) atoms. The number of esters is 1. The minimum absolute atomic E-state index is 0.258. The molecule has 0 bridgehead atoms. The van der Waals surface area contributed by atoms with Crippen molar-refractivity contribution in [3.05, 3.63) is 96.1 Å². The summed E-state index contributed by atoms with van der Waals surface area (Å²) in [6, 6.07) is 27.0. The van der Waals surface area contributed by atoms with E-state index in [1.54, 1.807) is 31.4 Å². The molecule has 0 aliphatic rings. The second-order valence-corrected chi connectivity index (χ2v) is 7.23. The molecule has 0 N–H and O–H groups in total. The van der Waals surface area contributed by atoms with Gasteiger partial charge in [-0.1, -0.05) is 72.8 Å². The third-order valence-corrected chi connectivity index (χ3v) is 5.10. The van der Waals surface area contributed by atoms with E-state index in [2.05, 4.69) is 30.3 Å². The highest BCUT2D eigenvalue weighted by atomic mass is 16.6. The number of methoxy groups -OCH3 is 2. The van der Waals surface area contributed by atoms with Crippen LogP contribution < -0.4 is 18.9 Å². The first-order valence-electron chi connectivity index (χ1n) is 10.5. The van der Waals surface area contributed by atoms with E-state index in [0.29, 0.717) is 23.0 Å². The summed E-state index contributed by atoms with van der Waals surface area (Å²) in [5.41, 5.74) is 2.04. The third kappa shape index (κ3) is 5.33. The lowest BCUT2D eigenvalue weighted by Crippen LogP contribution is -2.18. The topological polar surface area (TPSA) is 54.0 Å². The quantitative estimate of drug-likeness (QED) is 0.191. The summed E-state index contributed by atoms with van der Waals surface area (Å²) in [5.74, 6) is 1.26. The van der Waals surface area contributed by atoms with Crippen LogP contribution in [0.25, 0.3) is 22.9 Å². The first-order chi connectivity index (χ1) is 16.2. The van der Waals surface area contributed by atoms with Crippen molar-refractivity contribution in [2.75, 3.05) is 20.8 Å². The summed E-state index contributed by atoms with van der Waals surface area (Å²) in [4.78, 5) is 12.3. The SMILES string of the molecule is COc1ccccc1OCC(=O)Oc1ccc(C=Cc2cccc3ccccc23)cc1OC. The van der Waals surface area contributed by atoms with E-state index < -0.39 is 5.97 Å². The van der Waals surface area contributed by atoms with Crippen LogP contribution in [0.2, 0.25) is 0 Å². The van der Waals surface area contributed by atoms with Crippen molar-refractivity contribution in [1.82, 2.24) is 0 Å². The maximum absolute atomic E-state index is 12.3. The van der Waals surface area contributed by atoms with Crippen molar-refractivity contribution in [1.29, 1.82) is 0 Å². The molecule has 4 aromatic rings. The molecule has 0 amide bonds.